The zero-order valence-electron chi connectivity index (χ0n) is 18.9. The van der Waals surface area contributed by atoms with Gasteiger partial charge < -0.3 is 14.9 Å². The number of ketones is 1. The predicted octanol–water partition coefficient (Wildman–Crippen LogP) is 4.46. The lowest BCUT2D eigenvalue weighted by atomic mass is 9.93. The summed E-state index contributed by atoms with van der Waals surface area (Å²) in [5.41, 5.74) is 3.45. The Bertz CT molecular complexity index is 977. The van der Waals surface area contributed by atoms with Crippen LogP contribution >= 0.6 is 0 Å². The number of aliphatic hydroxyl groups excluding tert-OH is 1. The minimum Gasteiger partial charge on any atom is -0.507 e. The number of likely N-dealkylation sites (tertiary alicyclic amines) is 1. The molecule has 1 unspecified atom stereocenters. The van der Waals surface area contributed by atoms with Gasteiger partial charge >= 0.3 is 0 Å². The van der Waals surface area contributed by atoms with Crippen molar-refractivity contribution in [3.05, 3.63) is 76.4 Å². The number of carbonyl (C=O) groups is 2. The van der Waals surface area contributed by atoms with Crippen molar-refractivity contribution in [1.82, 2.24) is 9.80 Å². The largest absolute Gasteiger partial charge is 0.507 e. The first-order valence-electron chi connectivity index (χ1n) is 11.0. The molecule has 1 heterocycles. The average Bonchev–Trinajstić information content (AvgIpc) is 3.03. The van der Waals surface area contributed by atoms with Gasteiger partial charge in [0.25, 0.3) is 11.7 Å². The van der Waals surface area contributed by atoms with E-state index in [-0.39, 0.29) is 11.3 Å². The Labute approximate surface area is 185 Å². The summed E-state index contributed by atoms with van der Waals surface area (Å²) in [6.07, 6.45) is 0.765. The van der Waals surface area contributed by atoms with E-state index in [2.05, 4.69) is 18.7 Å². The number of Topliss-reactive ketones (excluding diaryl/α,β-unsaturated/α-hetero) is 1. The highest BCUT2D eigenvalue weighted by molar-refractivity contribution is 6.46. The second-order valence-corrected chi connectivity index (χ2v) is 8.10. The van der Waals surface area contributed by atoms with Crippen molar-refractivity contribution in [2.75, 3.05) is 26.2 Å². The average molecular weight is 421 g/mol. The van der Waals surface area contributed by atoms with Crippen LogP contribution in [0.15, 0.2) is 54.1 Å². The molecule has 0 saturated carbocycles. The summed E-state index contributed by atoms with van der Waals surface area (Å²) >= 11 is 0. The van der Waals surface area contributed by atoms with Crippen LogP contribution in [0.4, 0.5) is 0 Å². The van der Waals surface area contributed by atoms with Crippen LogP contribution in [0.1, 0.15) is 48.6 Å². The quantitative estimate of drug-likeness (QED) is 0.389. The topological polar surface area (TPSA) is 60.9 Å². The van der Waals surface area contributed by atoms with Crippen molar-refractivity contribution in [2.45, 2.75) is 40.2 Å². The maximum atomic E-state index is 13.1. The van der Waals surface area contributed by atoms with E-state index in [1.54, 1.807) is 4.90 Å². The van der Waals surface area contributed by atoms with Crippen molar-refractivity contribution in [3.63, 3.8) is 0 Å². The van der Waals surface area contributed by atoms with Gasteiger partial charge in [-0.2, -0.15) is 0 Å². The predicted molar refractivity (Wildman–Crippen MR) is 124 cm³/mol. The monoisotopic (exact) mass is 420 g/mol. The molecule has 0 bridgehead atoms. The van der Waals surface area contributed by atoms with E-state index in [1.807, 2.05) is 62.4 Å². The Hall–Kier alpha value is -2.92. The minimum atomic E-state index is -0.616. The second kappa shape index (κ2) is 9.92. The third kappa shape index (κ3) is 4.72. The first kappa shape index (κ1) is 22.8. The number of hydrogen-bond acceptors (Lipinski definition) is 4. The minimum absolute atomic E-state index is 0.0976. The molecule has 5 nitrogen and oxygen atoms in total. The van der Waals surface area contributed by atoms with Crippen LogP contribution in [0.2, 0.25) is 0 Å². The van der Waals surface area contributed by atoms with Gasteiger partial charge in [-0.3, -0.25) is 9.59 Å². The highest BCUT2D eigenvalue weighted by Crippen LogP contribution is 2.39. The van der Waals surface area contributed by atoms with Gasteiger partial charge in [0, 0.05) is 12.1 Å². The van der Waals surface area contributed by atoms with E-state index in [0.29, 0.717) is 12.1 Å². The fourth-order valence-electron chi connectivity index (χ4n) is 4.23. The first-order valence-corrected chi connectivity index (χ1v) is 11.0. The Morgan fingerprint density at radius 3 is 2.35 bits per heavy atom. The molecule has 31 heavy (non-hydrogen) atoms. The summed E-state index contributed by atoms with van der Waals surface area (Å²) in [4.78, 5) is 30.0. The molecule has 3 rings (SSSR count). The van der Waals surface area contributed by atoms with Crippen molar-refractivity contribution >= 4 is 17.4 Å². The number of amides is 1. The summed E-state index contributed by atoms with van der Waals surface area (Å²) in [6.45, 7) is 11.3. The molecular weight excluding hydrogens is 388 g/mol. The molecule has 1 N–H and O–H groups in total. The third-order valence-electron chi connectivity index (χ3n) is 6.07. The highest BCUT2D eigenvalue weighted by Gasteiger charge is 2.45. The van der Waals surface area contributed by atoms with E-state index < -0.39 is 17.7 Å². The molecular formula is C26H32N2O3. The van der Waals surface area contributed by atoms with Crippen LogP contribution in [0.3, 0.4) is 0 Å². The second-order valence-electron chi connectivity index (χ2n) is 8.10. The number of nitrogens with zero attached hydrogens (tertiary/aromatic N) is 2. The van der Waals surface area contributed by atoms with Gasteiger partial charge in [0.05, 0.1) is 11.6 Å². The fraction of sp³-hybridized carbons (Fsp3) is 0.385. The molecule has 2 aromatic rings. The van der Waals surface area contributed by atoms with Crippen LogP contribution in [0, 0.1) is 13.8 Å². The fourth-order valence-corrected chi connectivity index (χ4v) is 4.23. The molecule has 0 radical (unpaired) electrons. The molecule has 2 aromatic carbocycles. The van der Waals surface area contributed by atoms with Gasteiger partial charge in [-0.25, -0.2) is 0 Å². The summed E-state index contributed by atoms with van der Waals surface area (Å²) in [5, 5.41) is 11.2. The standard InChI is InChI=1S/C26H32N2O3/c1-5-27(6-2)15-10-16-28-23(20-11-8-7-9-12-20)22(25(30)26(28)31)24(29)21-17-18(3)13-14-19(21)4/h7-9,11-14,17,23,29H,5-6,10,15-16H2,1-4H3/b24-22+. The van der Waals surface area contributed by atoms with Crippen LogP contribution in [-0.2, 0) is 9.59 Å². The van der Waals surface area contributed by atoms with Gasteiger partial charge in [0.1, 0.15) is 5.76 Å². The van der Waals surface area contributed by atoms with E-state index in [4.69, 9.17) is 0 Å². The summed E-state index contributed by atoms with van der Waals surface area (Å²) in [7, 11) is 0. The Balaban J connectivity index is 2.04. The molecule has 1 aliphatic heterocycles. The molecule has 0 spiro atoms. The maximum Gasteiger partial charge on any atom is 0.295 e. The molecule has 1 aliphatic rings. The molecule has 1 fully saturated rings. The SMILES string of the molecule is CCN(CC)CCCN1C(=O)C(=O)/C(=C(/O)c2cc(C)ccc2C)C1c1ccccc1. The van der Waals surface area contributed by atoms with Crippen LogP contribution < -0.4 is 0 Å². The summed E-state index contributed by atoms with van der Waals surface area (Å²) in [5.74, 6) is -1.25. The lowest BCUT2D eigenvalue weighted by Crippen LogP contribution is -2.33. The van der Waals surface area contributed by atoms with Crippen molar-refractivity contribution in [3.8, 4) is 0 Å². The van der Waals surface area contributed by atoms with Gasteiger partial charge in [-0.1, -0.05) is 61.9 Å². The maximum absolute atomic E-state index is 13.1. The molecule has 0 aliphatic carbocycles. The molecule has 1 atom stereocenters. The van der Waals surface area contributed by atoms with E-state index in [1.165, 1.54) is 0 Å². The van der Waals surface area contributed by atoms with E-state index >= 15 is 0 Å². The van der Waals surface area contributed by atoms with Gasteiger partial charge in [-0.15, -0.1) is 0 Å². The van der Waals surface area contributed by atoms with Crippen LogP contribution in [0.25, 0.3) is 5.76 Å². The Morgan fingerprint density at radius 1 is 1.03 bits per heavy atom. The number of aliphatic hydroxyl groups is 1. The zero-order chi connectivity index (χ0) is 22.5. The summed E-state index contributed by atoms with van der Waals surface area (Å²) < 4.78 is 0. The summed E-state index contributed by atoms with van der Waals surface area (Å²) in [6, 6.07) is 14.7. The molecule has 1 saturated heterocycles. The number of carbonyl (C=O) groups excluding carboxylic acids is 2. The number of benzene rings is 2. The number of hydrogen-bond donors (Lipinski definition) is 1. The van der Waals surface area contributed by atoms with Crippen molar-refractivity contribution < 1.29 is 14.7 Å². The molecule has 5 heteroatoms. The van der Waals surface area contributed by atoms with Gasteiger partial charge in [0.2, 0.25) is 0 Å². The zero-order valence-corrected chi connectivity index (χ0v) is 18.9. The van der Waals surface area contributed by atoms with Crippen molar-refractivity contribution in [1.29, 1.82) is 0 Å². The van der Waals surface area contributed by atoms with Crippen molar-refractivity contribution in [2.24, 2.45) is 0 Å². The normalized spacial score (nSPS) is 18.2. The highest BCUT2D eigenvalue weighted by atomic mass is 16.3. The Morgan fingerprint density at radius 2 is 1.71 bits per heavy atom. The number of aryl methyl sites for hydroxylation is 2. The van der Waals surface area contributed by atoms with Gasteiger partial charge in [-0.05, 0) is 57.1 Å². The number of rotatable bonds is 8. The Kier molecular flexibility index (Phi) is 7.29. The smallest absolute Gasteiger partial charge is 0.295 e. The van der Waals surface area contributed by atoms with Crippen LogP contribution in [-0.4, -0.2) is 52.8 Å². The first-order chi connectivity index (χ1) is 14.9. The van der Waals surface area contributed by atoms with Gasteiger partial charge in [0.15, 0.2) is 0 Å². The lowest BCUT2D eigenvalue weighted by Gasteiger charge is -2.27. The lowest BCUT2D eigenvalue weighted by molar-refractivity contribution is -0.140. The third-order valence-corrected chi connectivity index (χ3v) is 6.07. The van der Waals surface area contributed by atoms with E-state index in [9.17, 15) is 14.7 Å². The molecule has 0 aromatic heterocycles. The molecule has 164 valence electrons. The molecule has 1 amide bonds. The van der Waals surface area contributed by atoms with Crippen LogP contribution in [0.5, 0.6) is 0 Å². The van der Waals surface area contributed by atoms with E-state index in [0.717, 1.165) is 42.7 Å².